The zero-order valence-corrected chi connectivity index (χ0v) is 20.9. The van der Waals surface area contributed by atoms with Crippen molar-refractivity contribution in [2.24, 2.45) is 0 Å². The molecule has 3 aromatic rings. The Morgan fingerprint density at radius 1 is 0.917 bits per heavy atom. The standard InChI is InChI=1S/C26H28FN3O5S/c1-34-24-11-6-19(16-25(24)35-2)17-26(31)30-14-12-29(13-15-30)22-9-7-21(8-10-22)28-36(32,33)23-5-3-4-20(27)18-23/h3-11,16,18,28H,12-15,17H2,1-2H3. The average molecular weight is 514 g/mol. The molecular weight excluding hydrogens is 485 g/mol. The van der Waals surface area contributed by atoms with E-state index in [1.165, 1.54) is 18.2 Å². The highest BCUT2D eigenvalue weighted by molar-refractivity contribution is 7.92. The molecule has 1 N–H and O–H groups in total. The summed E-state index contributed by atoms with van der Waals surface area (Å²) in [5, 5.41) is 0. The Kier molecular flexibility index (Phi) is 7.64. The molecule has 1 aliphatic heterocycles. The normalized spacial score (nSPS) is 13.9. The molecule has 8 nitrogen and oxygen atoms in total. The number of anilines is 2. The summed E-state index contributed by atoms with van der Waals surface area (Å²) in [5.41, 5.74) is 2.17. The first-order valence-corrected chi connectivity index (χ1v) is 12.9. The quantitative estimate of drug-likeness (QED) is 0.496. The predicted octanol–water partition coefficient (Wildman–Crippen LogP) is 3.54. The number of carbonyl (C=O) groups excluding carboxylic acids is 1. The second-order valence-corrected chi connectivity index (χ2v) is 10.0. The maximum atomic E-state index is 13.4. The van der Waals surface area contributed by atoms with Crippen LogP contribution in [-0.2, 0) is 21.2 Å². The van der Waals surface area contributed by atoms with Crippen LogP contribution >= 0.6 is 0 Å². The molecule has 1 amide bonds. The van der Waals surface area contributed by atoms with Crippen LogP contribution < -0.4 is 19.1 Å². The van der Waals surface area contributed by atoms with Gasteiger partial charge in [-0.2, -0.15) is 0 Å². The van der Waals surface area contributed by atoms with Crippen molar-refractivity contribution >= 4 is 27.3 Å². The van der Waals surface area contributed by atoms with Crippen molar-refractivity contribution < 1.29 is 27.1 Å². The molecule has 0 spiro atoms. The number of rotatable bonds is 8. The Bertz CT molecular complexity index is 1320. The molecule has 10 heteroatoms. The monoisotopic (exact) mass is 513 g/mol. The van der Waals surface area contributed by atoms with E-state index in [0.29, 0.717) is 43.4 Å². The maximum Gasteiger partial charge on any atom is 0.261 e. The largest absolute Gasteiger partial charge is 0.493 e. The van der Waals surface area contributed by atoms with Crippen LogP contribution in [0.5, 0.6) is 11.5 Å². The fourth-order valence-corrected chi connectivity index (χ4v) is 5.17. The van der Waals surface area contributed by atoms with Gasteiger partial charge in [0.05, 0.1) is 25.5 Å². The highest BCUT2D eigenvalue weighted by Gasteiger charge is 2.22. The van der Waals surface area contributed by atoms with E-state index in [9.17, 15) is 17.6 Å². The molecule has 0 saturated carbocycles. The van der Waals surface area contributed by atoms with Crippen molar-refractivity contribution in [2.45, 2.75) is 11.3 Å². The first-order chi connectivity index (χ1) is 17.3. The highest BCUT2D eigenvalue weighted by atomic mass is 32.2. The lowest BCUT2D eigenvalue weighted by molar-refractivity contribution is -0.130. The second-order valence-electron chi connectivity index (χ2n) is 8.34. The fraction of sp³-hybridized carbons (Fsp3) is 0.269. The maximum absolute atomic E-state index is 13.4. The third-order valence-corrected chi connectivity index (χ3v) is 7.41. The van der Waals surface area contributed by atoms with Gasteiger partial charge in [0.25, 0.3) is 10.0 Å². The van der Waals surface area contributed by atoms with E-state index in [4.69, 9.17) is 9.47 Å². The highest BCUT2D eigenvalue weighted by Crippen LogP contribution is 2.28. The van der Waals surface area contributed by atoms with Gasteiger partial charge < -0.3 is 19.3 Å². The first-order valence-electron chi connectivity index (χ1n) is 11.4. The Hall–Kier alpha value is -3.79. The number of nitrogens with one attached hydrogen (secondary N) is 1. The Balaban J connectivity index is 1.32. The molecular formula is C26H28FN3O5S. The van der Waals surface area contributed by atoms with Crippen LogP contribution in [0.4, 0.5) is 15.8 Å². The lowest BCUT2D eigenvalue weighted by Crippen LogP contribution is -2.49. The average Bonchev–Trinajstić information content (AvgIpc) is 2.89. The molecule has 1 fully saturated rings. The van der Waals surface area contributed by atoms with Crippen molar-refractivity contribution in [1.82, 2.24) is 4.90 Å². The zero-order valence-electron chi connectivity index (χ0n) is 20.1. The number of halogens is 1. The summed E-state index contributed by atoms with van der Waals surface area (Å²) in [7, 11) is -0.753. The van der Waals surface area contributed by atoms with Gasteiger partial charge in [0, 0.05) is 37.6 Å². The summed E-state index contributed by atoms with van der Waals surface area (Å²) in [6.45, 7) is 2.48. The van der Waals surface area contributed by atoms with Crippen molar-refractivity contribution in [3.8, 4) is 11.5 Å². The van der Waals surface area contributed by atoms with Gasteiger partial charge in [0.1, 0.15) is 5.82 Å². The second kappa shape index (κ2) is 10.9. The summed E-state index contributed by atoms with van der Waals surface area (Å²) >= 11 is 0. The van der Waals surface area contributed by atoms with Crippen molar-refractivity contribution in [1.29, 1.82) is 0 Å². The number of benzene rings is 3. The fourth-order valence-electron chi connectivity index (χ4n) is 4.08. The van der Waals surface area contributed by atoms with Crippen molar-refractivity contribution in [3.63, 3.8) is 0 Å². The van der Waals surface area contributed by atoms with Crippen LogP contribution in [0, 0.1) is 5.82 Å². The van der Waals surface area contributed by atoms with Gasteiger partial charge in [-0.05, 0) is 60.2 Å². The van der Waals surface area contributed by atoms with E-state index in [2.05, 4.69) is 9.62 Å². The molecule has 1 heterocycles. The molecule has 36 heavy (non-hydrogen) atoms. The van der Waals surface area contributed by atoms with E-state index in [-0.39, 0.29) is 17.2 Å². The van der Waals surface area contributed by atoms with Crippen LogP contribution in [0.1, 0.15) is 5.56 Å². The van der Waals surface area contributed by atoms with E-state index < -0.39 is 15.8 Å². The van der Waals surface area contributed by atoms with Gasteiger partial charge in [-0.1, -0.05) is 12.1 Å². The Labute approximate surface area is 210 Å². The van der Waals surface area contributed by atoms with Gasteiger partial charge in [0.15, 0.2) is 11.5 Å². The summed E-state index contributed by atoms with van der Waals surface area (Å²) in [5.74, 6) is 0.642. The predicted molar refractivity (Wildman–Crippen MR) is 136 cm³/mol. The smallest absolute Gasteiger partial charge is 0.261 e. The van der Waals surface area contributed by atoms with E-state index in [1.807, 2.05) is 29.2 Å². The van der Waals surface area contributed by atoms with Crippen molar-refractivity contribution in [2.75, 3.05) is 50.0 Å². The minimum Gasteiger partial charge on any atom is -0.493 e. The van der Waals surface area contributed by atoms with Crippen LogP contribution in [-0.4, -0.2) is 59.6 Å². The Morgan fingerprint density at radius 3 is 2.25 bits per heavy atom. The molecule has 0 bridgehead atoms. The summed E-state index contributed by atoms with van der Waals surface area (Å²) in [6, 6.07) is 17.3. The summed E-state index contributed by atoms with van der Waals surface area (Å²) in [6.07, 6.45) is 0.278. The number of ether oxygens (including phenoxy) is 2. The van der Waals surface area contributed by atoms with Crippen LogP contribution in [0.15, 0.2) is 71.6 Å². The van der Waals surface area contributed by atoms with Gasteiger partial charge in [0.2, 0.25) is 5.91 Å². The first kappa shape index (κ1) is 25.3. The number of nitrogens with zero attached hydrogens (tertiary/aromatic N) is 2. The minimum atomic E-state index is -3.89. The molecule has 1 saturated heterocycles. The molecule has 0 aromatic heterocycles. The van der Waals surface area contributed by atoms with Gasteiger partial charge >= 0.3 is 0 Å². The lowest BCUT2D eigenvalue weighted by Gasteiger charge is -2.36. The minimum absolute atomic E-state index is 0.0453. The molecule has 0 atom stereocenters. The SMILES string of the molecule is COc1ccc(CC(=O)N2CCN(c3ccc(NS(=O)(=O)c4cccc(F)c4)cc3)CC2)cc1OC. The number of piperazine rings is 1. The molecule has 1 aliphatic rings. The molecule has 0 unspecified atom stereocenters. The van der Waals surface area contributed by atoms with Gasteiger partial charge in [-0.25, -0.2) is 12.8 Å². The number of hydrogen-bond donors (Lipinski definition) is 1. The molecule has 0 radical (unpaired) electrons. The topological polar surface area (TPSA) is 88.2 Å². The number of hydrogen-bond acceptors (Lipinski definition) is 6. The molecule has 190 valence electrons. The molecule has 4 rings (SSSR count). The lowest BCUT2D eigenvalue weighted by atomic mass is 10.1. The number of amides is 1. The number of sulfonamides is 1. The van der Waals surface area contributed by atoms with Crippen LogP contribution in [0.2, 0.25) is 0 Å². The van der Waals surface area contributed by atoms with Gasteiger partial charge in [-0.3, -0.25) is 9.52 Å². The van der Waals surface area contributed by atoms with Crippen LogP contribution in [0.3, 0.4) is 0 Å². The van der Waals surface area contributed by atoms with Crippen LogP contribution in [0.25, 0.3) is 0 Å². The van der Waals surface area contributed by atoms with Gasteiger partial charge in [-0.15, -0.1) is 0 Å². The third kappa shape index (κ3) is 5.88. The molecule has 0 aliphatic carbocycles. The Morgan fingerprint density at radius 2 is 1.61 bits per heavy atom. The zero-order chi connectivity index (χ0) is 25.7. The number of methoxy groups -OCH3 is 2. The third-order valence-electron chi connectivity index (χ3n) is 6.03. The van der Waals surface area contributed by atoms with E-state index >= 15 is 0 Å². The summed E-state index contributed by atoms with van der Waals surface area (Å²) < 4.78 is 51.4. The van der Waals surface area contributed by atoms with E-state index in [1.54, 1.807) is 32.4 Å². The molecule has 3 aromatic carbocycles. The number of carbonyl (C=O) groups is 1. The summed E-state index contributed by atoms with van der Waals surface area (Å²) in [4.78, 5) is 16.7. The van der Waals surface area contributed by atoms with E-state index in [0.717, 1.165) is 17.3 Å². The van der Waals surface area contributed by atoms with Crippen molar-refractivity contribution in [3.05, 3.63) is 78.1 Å².